The largest absolute Gasteiger partial charge is 0.480 e. The van der Waals surface area contributed by atoms with Crippen molar-refractivity contribution in [1.29, 1.82) is 0 Å². The molecular weight excluding hydrogens is 404 g/mol. The molecule has 0 bridgehead atoms. The number of likely N-dealkylation sites (N-methyl/N-ethyl adjacent to an activating group) is 1. The van der Waals surface area contributed by atoms with Crippen LogP contribution >= 0.6 is 0 Å². The summed E-state index contributed by atoms with van der Waals surface area (Å²) in [6.07, 6.45) is 1.65. The van der Waals surface area contributed by atoms with E-state index < -0.39 is 17.9 Å². The SMILES string of the molecule is CC(C)CC1CN(CC(=O)O)CCN(C)CCCN(CC(=O)O)CCN(CC(=O)O)C1. The smallest absolute Gasteiger partial charge is 0.317 e. The summed E-state index contributed by atoms with van der Waals surface area (Å²) in [6, 6.07) is 0. The molecule has 0 spiro atoms. The third-order valence-corrected chi connectivity index (χ3v) is 5.46. The van der Waals surface area contributed by atoms with Crippen LogP contribution in [0.4, 0.5) is 0 Å². The van der Waals surface area contributed by atoms with Gasteiger partial charge in [-0.15, -0.1) is 0 Å². The first-order valence-electron chi connectivity index (χ1n) is 11.1. The molecule has 10 nitrogen and oxygen atoms in total. The van der Waals surface area contributed by atoms with Gasteiger partial charge >= 0.3 is 17.9 Å². The maximum atomic E-state index is 11.4. The van der Waals surface area contributed by atoms with Crippen LogP contribution in [0.3, 0.4) is 0 Å². The van der Waals surface area contributed by atoms with E-state index in [9.17, 15) is 29.7 Å². The van der Waals surface area contributed by atoms with Crippen molar-refractivity contribution in [3.63, 3.8) is 0 Å². The third-order valence-electron chi connectivity index (χ3n) is 5.46. The molecule has 10 heteroatoms. The second-order valence-corrected chi connectivity index (χ2v) is 9.08. The molecule has 0 aliphatic carbocycles. The molecule has 1 rings (SSSR count). The van der Waals surface area contributed by atoms with Gasteiger partial charge in [0, 0.05) is 45.8 Å². The maximum absolute atomic E-state index is 11.4. The summed E-state index contributed by atoms with van der Waals surface area (Å²) in [4.78, 5) is 41.9. The fourth-order valence-corrected chi connectivity index (χ4v) is 4.19. The van der Waals surface area contributed by atoms with Crippen molar-refractivity contribution in [3.8, 4) is 0 Å². The Balaban J connectivity index is 3.04. The second kappa shape index (κ2) is 14.3. The fraction of sp³-hybridized carbons (Fsp3) is 0.857. The lowest BCUT2D eigenvalue weighted by atomic mass is 9.95. The summed E-state index contributed by atoms with van der Waals surface area (Å²) in [6.45, 7) is 8.82. The molecule has 1 fully saturated rings. The molecule has 0 aromatic heterocycles. The van der Waals surface area contributed by atoms with Crippen LogP contribution in [0, 0.1) is 11.8 Å². The Morgan fingerprint density at radius 1 is 0.742 bits per heavy atom. The van der Waals surface area contributed by atoms with Crippen LogP contribution < -0.4 is 0 Å². The number of hydrogen-bond donors (Lipinski definition) is 3. The molecule has 1 heterocycles. The maximum Gasteiger partial charge on any atom is 0.317 e. The topological polar surface area (TPSA) is 125 Å². The highest BCUT2D eigenvalue weighted by Crippen LogP contribution is 2.16. The van der Waals surface area contributed by atoms with Crippen molar-refractivity contribution in [1.82, 2.24) is 19.6 Å². The minimum atomic E-state index is -0.918. The van der Waals surface area contributed by atoms with Crippen molar-refractivity contribution in [2.45, 2.75) is 26.7 Å². The van der Waals surface area contributed by atoms with Gasteiger partial charge in [0.1, 0.15) is 0 Å². The number of carboxylic acids is 3. The van der Waals surface area contributed by atoms with Gasteiger partial charge in [-0.3, -0.25) is 29.1 Å². The first-order valence-corrected chi connectivity index (χ1v) is 11.1. The molecule has 0 aromatic carbocycles. The summed E-state index contributed by atoms with van der Waals surface area (Å²) in [5, 5.41) is 27.9. The number of aliphatic carboxylic acids is 3. The Labute approximate surface area is 185 Å². The van der Waals surface area contributed by atoms with Crippen molar-refractivity contribution in [3.05, 3.63) is 0 Å². The van der Waals surface area contributed by atoms with Gasteiger partial charge in [0.2, 0.25) is 0 Å². The Morgan fingerprint density at radius 2 is 1.19 bits per heavy atom. The van der Waals surface area contributed by atoms with Crippen LogP contribution in [0.1, 0.15) is 26.7 Å². The molecular formula is C21H40N4O6. The van der Waals surface area contributed by atoms with E-state index in [0.717, 1.165) is 25.9 Å². The Kier molecular flexibility index (Phi) is 12.6. The minimum absolute atomic E-state index is 0.0340. The number of carboxylic acid groups (broad SMARTS) is 3. The molecule has 1 aliphatic rings. The zero-order valence-corrected chi connectivity index (χ0v) is 19.2. The minimum Gasteiger partial charge on any atom is -0.480 e. The van der Waals surface area contributed by atoms with Gasteiger partial charge in [-0.25, -0.2) is 0 Å². The lowest BCUT2D eigenvalue weighted by molar-refractivity contribution is -0.140. The average Bonchev–Trinajstić information content (AvgIpc) is 2.61. The molecule has 1 atom stereocenters. The van der Waals surface area contributed by atoms with E-state index in [2.05, 4.69) is 18.7 Å². The second-order valence-electron chi connectivity index (χ2n) is 9.08. The van der Waals surface area contributed by atoms with Gasteiger partial charge < -0.3 is 20.2 Å². The van der Waals surface area contributed by atoms with Gasteiger partial charge in [0.15, 0.2) is 0 Å². The van der Waals surface area contributed by atoms with Crippen LogP contribution in [0.25, 0.3) is 0 Å². The first-order chi connectivity index (χ1) is 14.5. The average molecular weight is 445 g/mol. The highest BCUT2D eigenvalue weighted by Gasteiger charge is 2.23. The van der Waals surface area contributed by atoms with E-state index in [-0.39, 0.29) is 25.6 Å². The van der Waals surface area contributed by atoms with Crippen LogP contribution in [-0.2, 0) is 14.4 Å². The summed E-state index contributed by atoms with van der Waals surface area (Å²) in [7, 11) is 1.99. The molecule has 0 radical (unpaired) electrons. The number of carbonyl (C=O) groups is 3. The lowest BCUT2D eigenvalue weighted by Crippen LogP contribution is -2.46. The van der Waals surface area contributed by atoms with E-state index >= 15 is 0 Å². The summed E-state index contributed by atoms with van der Waals surface area (Å²) in [5.74, 6) is -2.15. The zero-order valence-electron chi connectivity index (χ0n) is 19.2. The van der Waals surface area contributed by atoms with E-state index in [4.69, 9.17) is 0 Å². The number of rotatable bonds is 8. The highest BCUT2D eigenvalue weighted by molar-refractivity contribution is 5.69. The highest BCUT2D eigenvalue weighted by atomic mass is 16.4. The summed E-state index contributed by atoms with van der Waals surface area (Å²) >= 11 is 0. The van der Waals surface area contributed by atoms with Crippen LogP contribution in [0.5, 0.6) is 0 Å². The predicted octanol–water partition coefficient (Wildman–Crippen LogP) is 0.144. The van der Waals surface area contributed by atoms with Gasteiger partial charge in [-0.2, -0.15) is 0 Å². The normalized spacial score (nSPS) is 22.3. The Bertz CT molecular complexity index is 574. The molecule has 31 heavy (non-hydrogen) atoms. The Hall–Kier alpha value is -1.75. The fourth-order valence-electron chi connectivity index (χ4n) is 4.19. The third kappa shape index (κ3) is 13.3. The molecule has 180 valence electrons. The van der Waals surface area contributed by atoms with Crippen molar-refractivity contribution in [2.75, 3.05) is 79.0 Å². The van der Waals surface area contributed by atoms with Gasteiger partial charge in [-0.05, 0) is 38.3 Å². The first kappa shape index (κ1) is 27.3. The Morgan fingerprint density at radius 3 is 1.68 bits per heavy atom. The molecule has 0 aromatic rings. The van der Waals surface area contributed by atoms with Crippen LogP contribution in [-0.4, -0.2) is 132 Å². The van der Waals surface area contributed by atoms with Gasteiger partial charge in [0.25, 0.3) is 0 Å². The molecule has 3 N–H and O–H groups in total. The monoisotopic (exact) mass is 444 g/mol. The predicted molar refractivity (Wildman–Crippen MR) is 117 cm³/mol. The van der Waals surface area contributed by atoms with Crippen LogP contribution in [0.2, 0.25) is 0 Å². The summed E-state index contributed by atoms with van der Waals surface area (Å²) in [5.41, 5.74) is 0. The zero-order chi connectivity index (χ0) is 23.4. The standard InChI is InChI=1S/C21H40N4O6/c1-17(2)11-18-12-24(15-20(28)29)8-7-22(3)5-4-6-23(14-19(26)27)9-10-25(13-18)16-21(30)31/h17-18H,4-16H2,1-3H3,(H,26,27)(H,28,29)(H,30,31). The quantitative estimate of drug-likeness (QED) is 0.476. The number of hydrogen-bond acceptors (Lipinski definition) is 7. The number of nitrogens with zero attached hydrogens (tertiary/aromatic N) is 4. The van der Waals surface area contributed by atoms with E-state index in [0.29, 0.717) is 45.2 Å². The van der Waals surface area contributed by atoms with E-state index in [1.165, 1.54) is 0 Å². The lowest BCUT2D eigenvalue weighted by Gasteiger charge is -2.34. The molecule has 0 saturated carbocycles. The van der Waals surface area contributed by atoms with E-state index in [1.54, 1.807) is 0 Å². The van der Waals surface area contributed by atoms with Crippen LogP contribution in [0.15, 0.2) is 0 Å². The van der Waals surface area contributed by atoms with Crippen molar-refractivity contribution in [2.24, 2.45) is 11.8 Å². The molecule has 0 amide bonds. The van der Waals surface area contributed by atoms with Gasteiger partial charge in [-0.1, -0.05) is 13.8 Å². The molecule has 1 saturated heterocycles. The van der Waals surface area contributed by atoms with Crippen molar-refractivity contribution >= 4 is 17.9 Å². The molecule has 1 aliphatic heterocycles. The van der Waals surface area contributed by atoms with E-state index in [1.807, 2.05) is 21.7 Å². The van der Waals surface area contributed by atoms with Crippen molar-refractivity contribution < 1.29 is 29.7 Å². The molecule has 1 unspecified atom stereocenters. The summed E-state index contributed by atoms with van der Waals surface area (Å²) < 4.78 is 0. The van der Waals surface area contributed by atoms with Gasteiger partial charge in [0.05, 0.1) is 19.6 Å².